The Morgan fingerprint density at radius 1 is 1.05 bits per heavy atom. The van der Waals surface area contributed by atoms with E-state index >= 15 is 4.39 Å². The van der Waals surface area contributed by atoms with Crippen molar-refractivity contribution >= 4 is 23.6 Å². The highest BCUT2D eigenvalue weighted by Crippen LogP contribution is 2.44. The molecule has 4 aliphatic rings. The van der Waals surface area contributed by atoms with Crippen LogP contribution in [0.4, 0.5) is 8.78 Å². The molecule has 1 aromatic heterocycles. The Balaban J connectivity index is 1.29. The van der Waals surface area contributed by atoms with E-state index in [4.69, 9.17) is 0 Å². The van der Waals surface area contributed by atoms with Gasteiger partial charge in [-0.3, -0.25) is 24.1 Å². The van der Waals surface area contributed by atoms with Gasteiger partial charge in [0.1, 0.15) is 6.67 Å². The van der Waals surface area contributed by atoms with Crippen molar-refractivity contribution < 1.29 is 23.5 Å². The summed E-state index contributed by atoms with van der Waals surface area (Å²) in [6.07, 6.45) is 5.22. The number of hydrogen-bond acceptors (Lipinski definition) is 6. The van der Waals surface area contributed by atoms with Crippen molar-refractivity contribution in [2.45, 2.75) is 60.9 Å². The fourth-order valence-electron chi connectivity index (χ4n) is 6.16. The van der Waals surface area contributed by atoms with Crippen LogP contribution < -0.4 is 15.8 Å². The maximum atomic E-state index is 15.2. The number of aromatic nitrogens is 1. The van der Waals surface area contributed by atoms with Gasteiger partial charge in [-0.2, -0.15) is 0 Å². The van der Waals surface area contributed by atoms with E-state index in [-0.39, 0.29) is 41.7 Å². The monoisotopic (exact) mass is 578 g/mol. The predicted molar refractivity (Wildman–Crippen MR) is 148 cm³/mol. The molecule has 41 heavy (non-hydrogen) atoms. The lowest BCUT2D eigenvalue weighted by molar-refractivity contribution is -0.123. The number of carbonyl (C=O) groups is 2. The Morgan fingerprint density at radius 2 is 1.83 bits per heavy atom. The fraction of sp³-hybridized carbons (Fsp3) is 0.367. The molecule has 3 heterocycles. The van der Waals surface area contributed by atoms with Crippen LogP contribution in [-0.2, 0) is 10.5 Å². The molecule has 2 amide bonds. The van der Waals surface area contributed by atoms with Crippen molar-refractivity contribution in [3.63, 3.8) is 0 Å². The van der Waals surface area contributed by atoms with E-state index in [1.54, 1.807) is 11.0 Å². The molecule has 0 saturated heterocycles. The molecule has 2 aliphatic heterocycles. The minimum Gasteiger partial charge on any atom is -0.502 e. The van der Waals surface area contributed by atoms with Crippen LogP contribution >= 0.6 is 11.8 Å². The van der Waals surface area contributed by atoms with Gasteiger partial charge in [-0.15, -0.1) is 11.8 Å². The average molecular weight is 579 g/mol. The molecule has 0 unspecified atom stereocenters. The van der Waals surface area contributed by atoms with Crippen LogP contribution in [0, 0.1) is 17.6 Å². The molecule has 1 atom stereocenters. The topological polar surface area (TPSA) is 94.9 Å². The van der Waals surface area contributed by atoms with Crippen molar-refractivity contribution in [3.8, 4) is 5.75 Å². The summed E-state index contributed by atoms with van der Waals surface area (Å²) in [6, 6.07) is 10.5. The Kier molecular flexibility index (Phi) is 6.29. The maximum absolute atomic E-state index is 15.2. The van der Waals surface area contributed by atoms with E-state index in [2.05, 4.69) is 5.32 Å². The molecule has 8 nitrogen and oxygen atoms in total. The highest BCUT2D eigenvalue weighted by atomic mass is 32.2. The van der Waals surface area contributed by atoms with Gasteiger partial charge >= 0.3 is 0 Å². The first-order valence-corrected chi connectivity index (χ1v) is 14.8. The van der Waals surface area contributed by atoms with Gasteiger partial charge in [-0.25, -0.2) is 8.78 Å². The van der Waals surface area contributed by atoms with Gasteiger partial charge in [0, 0.05) is 47.0 Å². The third kappa shape index (κ3) is 4.46. The van der Waals surface area contributed by atoms with E-state index in [0.29, 0.717) is 30.7 Å². The first-order valence-electron chi connectivity index (χ1n) is 13.8. The van der Waals surface area contributed by atoms with E-state index in [1.165, 1.54) is 28.7 Å². The average Bonchev–Trinajstić information content (AvgIpc) is 3.77. The van der Waals surface area contributed by atoms with Gasteiger partial charge in [0.2, 0.25) is 11.3 Å². The Morgan fingerprint density at radius 3 is 2.61 bits per heavy atom. The molecule has 2 aliphatic carbocycles. The molecule has 0 bridgehead atoms. The minimum absolute atomic E-state index is 0.0236. The van der Waals surface area contributed by atoms with E-state index in [0.717, 1.165) is 29.4 Å². The largest absolute Gasteiger partial charge is 0.502 e. The van der Waals surface area contributed by atoms with Crippen molar-refractivity contribution in [1.29, 1.82) is 0 Å². The number of amides is 2. The Labute approximate surface area is 238 Å². The molecule has 3 aromatic rings. The van der Waals surface area contributed by atoms with Gasteiger partial charge in [-0.1, -0.05) is 24.3 Å². The number of aromatic hydroxyl groups is 1. The highest BCUT2D eigenvalue weighted by Gasteiger charge is 2.45. The summed E-state index contributed by atoms with van der Waals surface area (Å²) in [5.41, 5.74) is 0.741. The number of hydrogen-bond donors (Lipinski definition) is 2. The first-order chi connectivity index (χ1) is 19.8. The molecule has 7 rings (SSSR count). The summed E-state index contributed by atoms with van der Waals surface area (Å²) < 4.78 is 31.1. The molecule has 2 N–H and O–H groups in total. The Bertz CT molecular complexity index is 1640. The first kappa shape index (κ1) is 26.1. The molecule has 0 radical (unpaired) electrons. The van der Waals surface area contributed by atoms with Crippen LogP contribution in [0.5, 0.6) is 5.75 Å². The number of fused-ring (bicyclic) bond motifs is 3. The molecule has 212 valence electrons. The maximum Gasteiger partial charge on any atom is 0.278 e. The minimum atomic E-state index is -0.935. The van der Waals surface area contributed by atoms with Crippen LogP contribution in [0.2, 0.25) is 0 Å². The van der Waals surface area contributed by atoms with Crippen LogP contribution in [0.15, 0.2) is 58.4 Å². The van der Waals surface area contributed by atoms with Crippen LogP contribution in [0.25, 0.3) is 0 Å². The summed E-state index contributed by atoms with van der Waals surface area (Å²) in [5, 5.41) is 15.7. The molecule has 2 fully saturated rings. The SMILES string of the molecule is O=C(CC1CC1)NC1CC(N2CN([C@@H]3c4ccccc4SCc4c3ccc(F)c4F)n3ccc(=O)c(O)c3C2=O)C1. The number of nitrogens with one attached hydrogen (secondary N) is 1. The summed E-state index contributed by atoms with van der Waals surface area (Å²) >= 11 is 1.40. The number of carbonyl (C=O) groups excluding carboxylic acids is 2. The van der Waals surface area contributed by atoms with Gasteiger partial charge in [-0.05, 0) is 54.9 Å². The zero-order valence-corrected chi connectivity index (χ0v) is 22.9. The normalized spacial score (nSPS) is 23.2. The number of pyridine rings is 1. The summed E-state index contributed by atoms with van der Waals surface area (Å²) in [4.78, 5) is 41.1. The fourth-order valence-corrected chi connectivity index (χ4v) is 7.27. The van der Waals surface area contributed by atoms with Crippen molar-refractivity contribution in [2.75, 3.05) is 11.7 Å². The predicted octanol–water partition coefficient (Wildman–Crippen LogP) is 4.03. The number of thioether (sulfide) groups is 1. The molecule has 0 spiro atoms. The van der Waals surface area contributed by atoms with E-state index in [9.17, 15) is 23.9 Å². The zero-order chi connectivity index (χ0) is 28.4. The standard InChI is InChI=1S/C30H28F2N4O4S/c31-22-8-7-19-21(26(22)32)14-41-24-4-2-1-3-20(24)27(19)36-15-34(30(40)28-29(39)23(37)9-10-35(28)36)18-12-17(13-18)33-25(38)11-16-5-6-16/h1-4,7-10,16-18,27,39H,5-6,11-15H2,(H,33,38)/t17?,18?,27-/m0/s1. The molecule has 11 heteroatoms. The lowest BCUT2D eigenvalue weighted by Gasteiger charge is -2.50. The van der Waals surface area contributed by atoms with E-state index in [1.807, 2.05) is 29.3 Å². The molecule has 2 aromatic carbocycles. The summed E-state index contributed by atoms with van der Waals surface area (Å²) in [6.45, 7) is 0.0731. The number of benzene rings is 2. The summed E-state index contributed by atoms with van der Waals surface area (Å²) in [5.74, 6) is -2.29. The van der Waals surface area contributed by atoms with Crippen molar-refractivity contribution in [2.24, 2.45) is 5.92 Å². The lowest BCUT2D eigenvalue weighted by Crippen LogP contribution is -2.63. The summed E-state index contributed by atoms with van der Waals surface area (Å²) in [7, 11) is 0. The quantitative estimate of drug-likeness (QED) is 0.475. The number of rotatable bonds is 5. The number of halogens is 2. The van der Waals surface area contributed by atoms with Gasteiger partial charge in [0.15, 0.2) is 23.1 Å². The van der Waals surface area contributed by atoms with Crippen molar-refractivity contribution in [3.05, 3.63) is 92.9 Å². The smallest absolute Gasteiger partial charge is 0.278 e. The van der Waals surface area contributed by atoms with Crippen molar-refractivity contribution in [1.82, 2.24) is 14.9 Å². The van der Waals surface area contributed by atoms with Crippen LogP contribution in [0.3, 0.4) is 0 Å². The molecule has 2 saturated carbocycles. The van der Waals surface area contributed by atoms with Crippen LogP contribution in [-0.4, -0.2) is 45.2 Å². The molecular weight excluding hydrogens is 550 g/mol. The van der Waals surface area contributed by atoms with E-state index < -0.39 is 34.8 Å². The second kappa shape index (κ2) is 9.90. The van der Waals surface area contributed by atoms with Gasteiger partial charge in [0.25, 0.3) is 5.91 Å². The number of nitrogens with zero attached hydrogens (tertiary/aromatic N) is 3. The third-order valence-corrected chi connectivity index (χ3v) is 9.71. The van der Waals surface area contributed by atoms with Crippen LogP contribution in [0.1, 0.15) is 65.3 Å². The van der Waals surface area contributed by atoms with Gasteiger partial charge < -0.3 is 15.3 Å². The zero-order valence-electron chi connectivity index (χ0n) is 22.1. The second-order valence-corrected chi connectivity index (χ2v) is 12.3. The Hall–Kier alpha value is -3.86. The third-order valence-electron chi connectivity index (χ3n) is 8.59. The van der Waals surface area contributed by atoms with Gasteiger partial charge in [0.05, 0.1) is 6.04 Å². The highest BCUT2D eigenvalue weighted by molar-refractivity contribution is 7.98. The second-order valence-electron chi connectivity index (χ2n) is 11.3. The lowest BCUT2D eigenvalue weighted by atomic mass is 9.85. The molecular formula is C30H28F2N4O4S.